The summed E-state index contributed by atoms with van der Waals surface area (Å²) in [6.45, 7) is 2.02. The average molecular weight is 370 g/mol. The van der Waals surface area contributed by atoms with E-state index in [0.717, 1.165) is 28.5 Å². The summed E-state index contributed by atoms with van der Waals surface area (Å²) >= 11 is 9.82. The third-order valence-electron chi connectivity index (χ3n) is 3.41. The van der Waals surface area contributed by atoms with E-state index in [0.29, 0.717) is 0 Å². The largest absolute Gasteiger partial charge is 0.493 e. The highest BCUT2D eigenvalue weighted by Gasteiger charge is 2.12. The first-order valence-corrected chi connectivity index (χ1v) is 7.95. The lowest BCUT2D eigenvalue weighted by Crippen LogP contribution is -1.98. The van der Waals surface area contributed by atoms with Crippen LogP contribution < -0.4 is 9.47 Å². The number of ether oxygens (including phenoxy) is 2. The lowest BCUT2D eigenvalue weighted by molar-refractivity contribution is 0.354. The molecule has 0 aromatic heterocycles. The Bertz CT molecular complexity index is 628. The van der Waals surface area contributed by atoms with Crippen LogP contribution in [0.25, 0.3) is 0 Å². The van der Waals surface area contributed by atoms with E-state index < -0.39 is 0 Å². The third-order valence-corrected chi connectivity index (χ3v) is 4.68. The molecule has 0 spiro atoms. The highest BCUT2D eigenvalue weighted by molar-refractivity contribution is 9.09. The smallest absolute Gasteiger partial charge is 0.160 e. The average Bonchev–Trinajstić information content (AvgIpc) is 2.49. The molecule has 4 heteroatoms. The SMILES string of the molecule is COc1ccc(CC(Br)c2ccc(Cl)c(C)c2)cc1OC. The van der Waals surface area contributed by atoms with Crippen molar-refractivity contribution in [3.63, 3.8) is 0 Å². The van der Waals surface area contributed by atoms with Crippen molar-refractivity contribution in [2.45, 2.75) is 18.2 Å². The number of aryl methyl sites for hydroxylation is 1. The van der Waals surface area contributed by atoms with Gasteiger partial charge in [-0.1, -0.05) is 45.7 Å². The van der Waals surface area contributed by atoms with Crippen LogP contribution in [-0.4, -0.2) is 14.2 Å². The van der Waals surface area contributed by atoms with Gasteiger partial charge in [-0.05, 0) is 48.2 Å². The Balaban J connectivity index is 2.18. The van der Waals surface area contributed by atoms with Crippen LogP contribution >= 0.6 is 27.5 Å². The van der Waals surface area contributed by atoms with E-state index in [4.69, 9.17) is 21.1 Å². The van der Waals surface area contributed by atoms with Crippen molar-refractivity contribution in [1.29, 1.82) is 0 Å². The van der Waals surface area contributed by atoms with Gasteiger partial charge in [0.15, 0.2) is 11.5 Å². The van der Waals surface area contributed by atoms with Gasteiger partial charge in [0.1, 0.15) is 0 Å². The molecule has 0 aliphatic carbocycles. The zero-order chi connectivity index (χ0) is 15.4. The second kappa shape index (κ2) is 7.19. The van der Waals surface area contributed by atoms with Gasteiger partial charge in [0.05, 0.1) is 14.2 Å². The minimum atomic E-state index is 0.228. The van der Waals surface area contributed by atoms with Gasteiger partial charge >= 0.3 is 0 Å². The number of hydrogen-bond acceptors (Lipinski definition) is 2. The molecule has 0 bridgehead atoms. The van der Waals surface area contributed by atoms with Crippen LogP contribution in [0, 0.1) is 6.92 Å². The normalized spacial score (nSPS) is 12.0. The molecule has 2 rings (SSSR count). The van der Waals surface area contributed by atoms with Gasteiger partial charge in [0, 0.05) is 9.85 Å². The lowest BCUT2D eigenvalue weighted by Gasteiger charge is -2.14. The molecular weight excluding hydrogens is 352 g/mol. The second-order valence-electron chi connectivity index (χ2n) is 4.87. The number of alkyl halides is 1. The first kappa shape index (κ1) is 16.2. The maximum atomic E-state index is 6.07. The first-order valence-electron chi connectivity index (χ1n) is 6.66. The zero-order valence-corrected chi connectivity index (χ0v) is 14.7. The molecule has 112 valence electrons. The van der Waals surface area contributed by atoms with Gasteiger partial charge in [-0.3, -0.25) is 0 Å². The quantitative estimate of drug-likeness (QED) is 0.662. The number of hydrogen-bond donors (Lipinski definition) is 0. The molecule has 0 fully saturated rings. The Morgan fingerprint density at radius 2 is 1.76 bits per heavy atom. The first-order chi connectivity index (χ1) is 10.0. The Hall–Kier alpha value is -1.19. The molecule has 0 saturated carbocycles. The van der Waals surface area contributed by atoms with Crippen LogP contribution in [0.1, 0.15) is 21.5 Å². The van der Waals surface area contributed by atoms with E-state index in [-0.39, 0.29) is 4.83 Å². The number of halogens is 2. The molecule has 1 atom stereocenters. The molecule has 0 saturated heterocycles. The molecule has 1 unspecified atom stereocenters. The van der Waals surface area contributed by atoms with E-state index in [9.17, 15) is 0 Å². The molecule has 0 heterocycles. The third kappa shape index (κ3) is 3.92. The van der Waals surface area contributed by atoms with Crippen molar-refractivity contribution in [1.82, 2.24) is 0 Å². The van der Waals surface area contributed by atoms with Crippen molar-refractivity contribution >= 4 is 27.5 Å². The van der Waals surface area contributed by atoms with Crippen LogP contribution in [0.2, 0.25) is 5.02 Å². The predicted octanol–water partition coefficient (Wildman–Crippen LogP) is 5.34. The lowest BCUT2D eigenvalue weighted by atomic mass is 10.0. The Labute approximate surface area is 139 Å². The summed E-state index contributed by atoms with van der Waals surface area (Å²) in [5.74, 6) is 1.50. The minimum Gasteiger partial charge on any atom is -0.493 e. The van der Waals surface area contributed by atoms with E-state index in [2.05, 4.69) is 34.1 Å². The van der Waals surface area contributed by atoms with Crippen molar-refractivity contribution in [3.8, 4) is 11.5 Å². The van der Waals surface area contributed by atoms with Crippen LogP contribution in [0.5, 0.6) is 11.5 Å². The fourth-order valence-electron chi connectivity index (χ4n) is 2.20. The van der Waals surface area contributed by atoms with Gasteiger partial charge in [-0.15, -0.1) is 0 Å². The second-order valence-corrected chi connectivity index (χ2v) is 6.38. The van der Waals surface area contributed by atoms with Crippen LogP contribution in [-0.2, 0) is 6.42 Å². The van der Waals surface area contributed by atoms with Crippen LogP contribution in [0.3, 0.4) is 0 Å². The van der Waals surface area contributed by atoms with Crippen LogP contribution in [0.15, 0.2) is 36.4 Å². The summed E-state index contributed by atoms with van der Waals surface area (Å²) in [6.07, 6.45) is 0.863. The molecule has 2 nitrogen and oxygen atoms in total. The van der Waals surface area contributed by atoms with Crippen molar-refractivity contribution in [2.75, 3.05) is 14.2 Å². The Kier molecular flexibility index (Phi) is 5.54. The summed E-state index contributed by atoms with van der Waals surface area (Å²) in [5.41, 5.74) is 3.49. The van der Waals surface area contributed by atoms with Gasteiger partial charge in [-0.25, -0.2) is 0 Å². The zero-order valence-electron chi connectivity index (χ0n) is 12.3. The molecule has 0 aliphatic heterocycles. The molecular formula is C17H18BrClO2. The number of methoxy groups -OCH3 is 2. The summed E-state index contributed by atoms with van der Waals surface area (Å²) in [7, 11) is 3.29. The van der Waals surface area contributed by atoms with Gasteiger partial charge in [0.2, 0.25) is 0 Å². The molecule has 0 N–H and O–H groups in total. The molecule has 0 amide bonds. The summed E-state index contributed by atoms with van der Waals surface area (Å²) in [4.78, 5) is 0.228. The van der Waals surface area contributed by atoms with Gasteiger partial charge < -0.3 is 9.47 Å². The van der Waals surface area contributed by atoms with Gasteiger partial charge in [0.25, 0.3) is 0 Å². The summed E-state index contributed by atoms with van der Waals surface area (Å²) in [5, 5.41) is 0.796. The molecule has 0 aliphatic rings. The highest BCUT2D eigenvalue weighted by atomic mass is 79.9. The predicted molar refractivity (Wildman–Crippen MR) is 91.1 cm³/mol. The fraction of sp³-hybridized carbons (Fsp3) is 0.294. The maximum Gasteiger partial charge on any atom is 0.160 e. The molecule has 2 aromatic rings. The van der Waals surface area contributed by atoms with E-state index in [1.54, 1.807) is 14.2 Å². The topological polar surface area (TPSA) is 18.5 Å². The summed E-state index contributed by atoms with van der Waals surface area (Å²) in [6, 6.07) is 12.1. The Morgan fingerprint density at radius 3 is 2.38 bits per heavy atom. The van der Waals surface area contributed by atoms with Crippen molar-refractivity contribution in [3.05, 3.63) is 58.1 Å². The maximum absolute atomic E-state index is 6.07. The van der Waals surface area contributed by atoms with Crippen molar-refractivity contribution < 1.29 is 9.47 Å². The fourth-order valence-corrected chi connectivity index (χ4v) is 2.97. The van der Waals surface area contributed by atoms with E-state index in [1.165, 1.54) is 11.1 Å². The van der Waals surface area contributed by atoms with Crippen LogP contribution in [0.4, 0.5) is 0 Å². The number of benzene rings is 2. The number of rotatable bonds is 5. The molecule has 0 radical (unpaired) electrons. The summed E-state index contributed by atoms with van der Waals surface area (Å²) < 4.78 is 10.6. The standard InChI is InChI=1S/C17H18BrClO2/c1-11-8-13(5-6-15(11)19)14(18)9-12-4-7-16(20-2)17(10-12)21-3/h4-8,10,14H,9H2,1-3H3. The highest BCUT2D eigenvalue weighted by Crippen LogP contribution is 2.33. The Morgan fingerprint density at radius 1 is 1.05 bits per heavy atom. The van der Waals surface area contributed by atoms with Gasteiger partial charge in [-0.2, -0.15) is 0 Å². The van der Waals surface area contributed by atoms with Crippen molar-refractivity contribution in [2.24, 2.45) is 0 Å². The van der Waals surface area contributed by atoms with E-state index in [1.807, 2.05) is 25.1 Å². The minimum absolute atomic E-state index is 0.228. The monoisotopic (exact) mass is 368 g/mol. The van der Waals surface area contributed by atoms with E-state index >= 15 is 0 Å². The molecule has 2 aromatic carbocycles. The molecule has 21 heavy (non-hydrogen) atoms.